The van der Waals surface area contributed by atoms with E-state index in [-0.39, 0.29) is 24.9 Å². The first-order chi connectivity index (χ1) is 36.4. The van der Waals surface area contributed by atoms with Crippen molar-refractivity contribution in [3.63, 3.8) is 0 Å². The summed E-state index contributed by atoms with van der Waals surface area (Å²) >= 11 is 0. The number of quaternary nitrogens is 1. The van der Waals surface area contributed by atoms with Crippen LogP contribution in [0, 0.1) is 0 Å². The molecule has 9 nitrogen and oxygen atoms in total. The third kappa shape index (κ3) is 56.0. The highest BCUT2D eigenvalue weighted by molar-refractivity contribution is 7.45. The van der Waals surface area contributed by atoms with Crippen LogP contribution in [0.5, 0.6) is 0 Å². The largest absolute Gasteiger partial charge is 0.756 e. The number of carbonyl (C=O) groups excluding carboxylic acids is 2. The zero-order chi connectivity index (χ0) is 55.0. The lowest BCUT2D eigenvalue weighted by atomic mass is 10.0. The number of nitrogens with one attached hydrogen (secondary N) is 1. The molecule has 0 aromatic carbocycles. The van der Waals surface area contributed by atoms with Gasteiger partial charge < -0.3 is 28.5 Å². The average molecular weight is 1070 g/mol. The molecule has 1 amide bonds. The van der Waals surface area contributed by atoms with Crippen LogP contribution in [-0.2, 0) is 27.9 Å². The van der Waals surface area contributed by atoms with Crippen LogP contribution < -0.4 is 10.2 Å². The van der Waals surface area contributed by atoms with Crippen LogP contribution in [0.1, 0.15) is 278 Å². The first-order valence-corrected chi connectivity index (χ1v) is 32.7. The van der Waals surface area contributed by atoms with Gasteiger partial charge in [-0.2, -0.15) is 0 Å². The number of phosphoric acid groups is 1. The molecule has 75 heavy (non-hydrogen) atoms. The molecule has 0 spiro atoms. The van der Waals surface area contributed by atoms with E-state index in [4.69, 9.17) is 13.8 Å². The Morgan fingerprint density at radius 1 is 0.493 bits per heavy atom. The molecule has 0 saturated heterocycles. The van der Waals surface area contributed by atoms with Crippen molar-refractivity contribution in [2.75, 3.05) is 40.9 Å². The van der Waals surface area contributed by atoms with E-state index in [1.165, 1.54) is 154 Å². The van der Waals surface area contributed by atoms with E-state index in [9.17, 15) is 19.0 Å². The summed E-state index contributed by atoms with van der Waals surface area (Å²) in [5.74, 6) is -0.563. The molecule has 0 aliphatic carbocycles. The van der Waals surface area contributed by atoms with Gasteiger partial charge in [0.15, 0.2) is 0 Å². The molecule has 0 aliphatic rings. The summed E-state index contributed by atoms with van der Waals surface area (Å²) in [6.07, 6.45) is 70.2. The topological polar surface area (TPSA) is 114 Å². The number of likely N-dealkylation sites (N-methyl/N-ethyl adjacent to an activating group) is 1. The van der Waals surface area contributed by atoms with Crippen molar-refractivity contribution in [2.24, 2.45) is 0 Å². The summed E-state index contributed by atoms with van der Waals surface area (Å²) in [6, 6.07) is -0.897. The number of unbranched alkanes of at least 4 members (excludes halogenated alkanes) is 32. The molecule has 0 saturated carbocycles. The highest BCUT2D eigenvalue weighted by Crippen LogP contribution is 2.38. The quantitative estimate of drug-likeness (QED) is 0.0161. The van der Waals surface area contributed by atoms with E-state index in [1.807, 2.05) is 33.3 Å². The third-order valence-electron chi connectivity index (χ3n) is 13.7. The van der Waals surface area contributed by atoms with Gasteiger partial charge in [-0.05, 0) is 83.1 Å². The summed E-state index contributed by atoms with van der Waals surface area (Å²) < 4.78 is 30.3. The van der Waals surface area contributed by atoms with Gasteiger partial charge in [0.1, 0.15) is 19.3 Å². The number of allylic oxidation sites excluding steroid dienone is 11. The second-order valence-corrected chi connectivity index (χ2v) is 23.6. The highest BCUT2D eigenvalue weighted by atomic mass is 31.2. The Bertz CT molecular complexity index is 1510. The number of carbonyl (C=O) groups is 2. The van der Waals surface area contributed by atoms with Gasteiger partial charge >= 0.3 is 5.97 Å². The van der Waals surface area contributed by atoms with Gasteiger partial charge in [0.2, 0.25) is 5.91 Å². The number of esters is 1. The fourth-order valence-corrected chi connectivity index (χ4v) is 9.57. The Morgan fingerprint density at radius 2 is 0.907 bits per heavy atom. The molecule has 0 heterocycles. The van der Waals surface area contributed by atoms with Crippen LogP contribution in [0.2, 0.25) is 0 Å². The molecule has 3 atom stereocenters. The number of phosphoric ester groups is 1. The lowest BCUT2D eigenvalue weighted by Gasteiger charge is -2.30. The Morgan fingerprint density at radius 3 is 1.40 bits per heavy atom. The second kappa shape index (κ2) is 54.8. The molecule has 0 fully saturated rings. The molecule has 0 bridgehead atoms. The Kier molecular flexibility index (Phi) is 52.9. The first-order valence-electron chi connectivity index (χ1n) is 31.3. The molecule has 0 aromatic rings. The number of ether oxygens (including phenoxy) is 1. The van der Waals surface area contributed by atoms with Crippen LogP contribution in [0.3, 0.4) is 0 Å². The Balaban J connectivity index is 5.07. The van der Waals surface area contributed by atoms with E-state index in [0.717, 1.165) is 83.5 Å². The van der Waals surface area contributed by atoms with Crippen molar-refractivity contribution >= 4 is 19.7 Å². The molecular weight excluding hydrogens is 952 g/mol. The van der Waals surface area contributed by atoms with Gasteiger partial charge in [-0.3, -0.25) is 14.2 Å². The first kappa shape index (κ1) is 72.5. The van der Waals surface area contributed by atoms with Crippen molar-refractivity contribution < 1.29 is 37.3 Å². The summed E-state index contributed by atoms with van der Waals surface area (Å²) in [6.45, 7) is 6.67. The summed E-state index contributed by atoms with van der Waals surface area (Å²) in [7, 11) is 1.17. The van der Waals surface area contributed by atoms with Gasteiger partial charge in [-0.1, -0.05) is 255 Å². The summed E-state index contributed by atoms with van der Waals surface area (Å²) in [4.78, 5) is 39.9. The monoisotopic (exact) mass is 1070 g/mol. The van der Waals surface area contributed by atoms with Crippen LogP contribution >= 0.6 is 7.82 Å². The van der Waals surface area contributed by atoms with Crippen molar-refractivity contribution in [2.45, 2.75) is 290 Å². The zero-order valence-corrected chi connectivity index (χ0v) is 50.6. The van der Waals surface area contributed by atoms with Gasteiger partial charge in [0.05, 0.1) is 33.8 Å². The molecule has 1 N–H and O–H groups in total. The fourth-order valence-electron chi connectivity index (χ4n) is 8.85. The number of rotatable bonds is 56. The number of hydrogen-bond donors (Lipinski definition) is 1. The standard InChI is InChI=1S/C65H119N2O7P/c1-7-10-13-16-19-22-25-27-28-29-30-31-32-33-34-35-36-37-38-40-42-45-48-51-54-57-64(68)66-62(61-73-75(70,71)72-60-59-67(4,5)6)63(56-53-50-47-44-41-24-21-18-15-12-9-3)74-65(69)58-55-52-49-46-43-39-26-23-20-17-14-11-8-2/h11,14,17,19-20,22-23,26-28,53,56,62-63H,7-10,12-13,15-16,18,21,24-25,29-52,54-55,57-61H2,1-6H3,(H-,66,68,70,71)/b14-11+,20-17+,22-19-,26-23-,28-27-,56-53-. The maximum atomic E-state index is 13.5. The predicted octanol–water partition coefficient (Wildman–Crippen LogP) is 18.6. The minimum absolute atomic E-state index is 0.0274. The van der Waals surface area contributed by atoms with Gasteiger partial charge in [0.25, 0.3) is 7.82 Å². The van der Waals surface area contributed by atoms with Gasteiger partial charge in [-0.25, -0.2) is 0 Å². The Labute approximate surface area is 463 Å². The lowest BCUT2D eigenvalue weighted by Crippen LogP contribution is -2.47. The van der Waals surface area contributed by atoms with Crippen LogP contribution in [0.15, 0.2) is 72.9 Å². The summed E-state index contributed by atoms with van der Waals surface area (Å²) in [5, 5.41) is 3.02. The molecule has 10 heteroatoms. The fraction of sp³-hybridized carbons (Fsp3) is 0.785. The number of amides is 1. The maximum absolute atomic E-state index is 13.5. The highest BCUT2D eigenvalue weighted by Gasteiger charge is 2.27. The molecule has 436 valence electrons. The Hall–Kier alpha value is -2.55. The third-order valence-corrected chi connectivity index (χ3v) is 14.6. The van der Waals surface area contributed by atoms with Gasteiger partial charge in [0, 0.05) is 12.8 Å². The molecule has 3 unspecified atom stereocenters. The van der Waals surface area contributed by atoms with Crippen LogP contribution in [-0.4, -0.2) is 69.4 Å². The molecular formula is C65H119N2O7P. The van der Waals surface area contributed by atoms with Gasteiger partial charge in [-0.15, -0.1) is 0 Å². The normalized spacial score (nSPS) is 14.2. The minimum Gasteiger partial charge on any atom is -0.756 e. The van der Waals surface area contributed by atoms with Crippen LogP contribution in [0.25, 0.3) is 0 Å². The number of nitrogens with zero attached hydrogens (tertiary/aromatic N) is 1. The minimum atomic E-state index is -4.70. The van der Waals surface area contributed by atoms with E-state index in [0.29, 0.717) is 23.9 Å². The zero-order valence-electron chi connectivity index (χ0n) is 49.7. The average Bonchev–Trinajstić information content (AvgIpc) is 3.37. The van der Waals surface area contributed by atoms with Crippen molar-refractivity contribution in [3.8, 4) is 0 Å². The smallest absolute Gasteiger partial charge is 0.306 e. The molecule has 0 aromatic heterocycles. The number of hydrogen-bond acceptors (Lipinski definition) is 7. The molecule has 0 rings (SSSR count). The van der Waals surface area contributed by atoms with E-state index < -0.39 is 26.6 Å². The van der Waals surface area contributed by atoms with Crippen molar-refractivity contribution in [3.05, 3.63) is 72.9 Å². The summed E-state index contributed by atoms with van der Waals surface area (Å²) in [5.41, 5.74) is 0. The molecule has 0 radical (unpaired) electrons. The second-order valence-electron chi connectivity index (χ2n) is 22.2. The maximum Gasteiger partial charge on any atom is 0.306 e. The van der Waals surface area contributed by atoms with Crippen molar-refractivity contribution in [1.82, 2.24) is 5.32 Å². The SMILES string of the molecule is CC/C=C/C=C/C=C\CCCCCCCC(=O)OC(/C=C\CCCCCCCCCCC)C(COP(=O)([O-])OCC[N+](C)(C)C)NC(=O)CCCCCCCCCCCCCCCCC/C=C\C/C=C\CCCCC. The lowest BCUT2D eigenvalue weighted by molar-refractivity contribution is -0.870. The van der Waals surface area contributed by atoms with Crippen LogP contribution in [0.4, 0.5) is 0 Å². The van der Waals surface area contributed by atoms with Crippen molar-refractivity contribution in [1.29, 1.82) is 0 Å². The van der Waals surface area contributed by atoms with E-state index in [1.54, 1.807) is 0 Å². The predicted molar refractivity (Wildman–Crippen MR) is 321 cm³/mol. The van der Waals surface area contributed by atoms with E-state index >= 15 is 0 Å². The van der Waals surface area contributed by atoms with E-state index in [2.05, 4.69) is 86.8 Å². The molecule has 0 aliphatic heterocycles.